The summed E-state index contributed by atoms with van der Waals surface area (Å²) in [5.74, 6) is 1.81. The smallest absolute Gasteiger partial charge is 0.231 e. The van der Waals surface area contributed by atoms with Crippen LogP contribution in [0.15, 0.2) is 78.9 Å². The molecule has 4 aromatic rings. The molecule has 2 aliphatic rings. The van der Waals surface area contributed by atoms with Gasteiger partial charge in [0, 0.05) is 5.56 Å². The molecule has 2 nitrogen and oxygen atoms in total. The number of hydrogen-bond donors (Lipinski definition) is 0. The highest BCUT2D eigenvalue weighted by molar-refractivity contribution is 7.22. The molecule has 0 amide bonds. The maximum absolute atomic E-state index is 6.11. The van der Waals surface area contributed by atoms with E-state index in [1.807, 2.05) is 0 Å². The predicted octanol–water partition coefficient (Wildman–Crippen LogP) is 3.70. The van der Waals surface area contributed by atoms with E-state index in [9.17, 15) is 0 Å². The first-order valence-corrected chi connectivity index (χ1v) is 12.8. The molecule has 0 atom stereocenters. The molecule has 0 spiro atoms. The van der Waals surface area contributed by atoms with Crippen molar-refractivity contribution >= 4 is 28.8 Å². The topological polar surface area (TPSA) is 18.5 Å². The summed E-state index contributed by atoms with van der Waals surface area (Å²) >= 11 is 0. The van der Waals surface area contributed by atoms with Crippen LogP contribution in [0.25, 0.3) is 11.1 Å². The number of fused-ring (bicyclic) bond motifs is 5. The summed E-state index contributed by atoms with van der Waals surface area (Å²) in [4.78, 5) is 0. The monoisotopic (exact) mass is 420 g/mol. The third-order valence-corrected chi connectivity index (χ3v) is 11.8. The maximum atomic E-state index is 6.11. The fourth-order valence-corrected chi connectivity index (χ4v) is 10.8. The third-order valence-electron chi connectivity index (χ3n) is 6.95. The fourth-order valence-electron chi connectivity index (χ4n) is 5.44. The summed E-state index contributed by atoms with van der Waals surface area (Å²) in [6, 6.07) is 29.3. The van der Waals surface area contributed by atoms with Crippen molar-refractivity contribution in [2.45, 2.75) is 20.8 Å². The summed E-state index contributed by atoms with van der Waals surface area (Å²) in [6.07, 6.45) is 0. The Bertz CT molecular complexity index is 1290. The average molecular weight is 421 g/mol. The fraction of sp³-hybridized carbons (Fsp3) is 0.143. The maximum Gasteiger partial charge on any atom is 0.231 e. The lowest BCUT2D eigenvalue weighted by Gasteiger charge is -2.31. The molecule has 3 heteroatoms. The molecule has 0 aliphatic carbocycles. The van der Waals surface area contributed by atoms with Crippen molar-refractivity contribution in [1.29, 1.82) is 0 Å². The van der Waals surface area contributed by atoms with Gasteiger partial charge >= 0.3 is 0 Å². The molecule has 0 radical (unpaired) electrons. The molecule has 31 heavy (non-hydrogen) atoms. The molecule has 2 heterocycles. The second kappa shape index (κ2) is 6.60. The van der Waals surface area contributed by atoms with Gasteiger partial charge in [0.2, 0.25) is 6.79 Å². The van der Waals surface area contributed by atoms with Crippen LogP contribution in [0.1, 0.15) is 16.7 Å². The van der Waals surface area contributed by atoms with Crippen molar-refractivity contribution in [3.63, 3.8) is 0 Å². The van der Waals surface area contributed by atoms with Crippen molar-refractivity contribution < 1.29 is 9.47 Å². The van der Waals surface area contributed by atoms with Gasteiger partial charge in [-0.25, -0.2) is 0 Å². The standard InChI is InChI=1S/C28H24O2Si/c1-18-14-23-24(15-19(18)2)31(21-10-6-4-7-11-21,22-12-8-5-9-13-22)25-16-20(3)27-28(26(23)25)30-17-29-27/h4-16H,17H2,1-3H3. The van der Waals surface area contributed by atoms with Crippen molar-refractivity contribution in [3.05, 3.63) is 95.6 Å². The highest BCUT2D eigenvalue weighted by Crippen LogP contribution is 2.46. The lowest BCUT2D eigenvalue weighted by atomic mass is 9.98. The van der Waals surface area contributed by atoms with Gasteiger partial charge in [-0.15, -0.1) is 0 Å². The highest BCUT2D eigenvalue weighted by atomic mass is 28.3. The molecule has 0 N–H and O–H groups in total. The summed E-state index contributed by atoms with van der Waals surface area (Å²) in [6.45, 7) is 6.86. The predicted molar refractivity (Wildman–Crippen MR) is 129 cm³/mol. The molecule has 0 saturated heterocycles. The first kappa shape index (κ1) is 18.5. The van der Waals surface area contributed by atoms with Crippen molar-refractivity contribution in [1.82, 2.24) is 0 Å². The Morgan fingerprint density at radius 3 is 1.81 bits per heavy atom. The van der Waals surface area contributed by atoms with Crippen molar-refractivity contribution in [3.8, 4) is 22.6 Å². The minimum Gasteiger partial charge on any atom is -0.453 e. The van der Waals surface area contributed by atoms with Gasteiger partial charge in [-0.05, 0) is 63.8 Å². The SMILES string of the molecule is Cc1cc2c(cc1C)[Si](c1ccccc1)(c1ccccc1)c1cc(C)c3c(c1-2)OCO3. The summed E-state index contributed by atoms with van der Waals surface area (Å²) in [5.41, 5.74) is 6.33. The minimum absolute atomic E-state index is 0.290. The zero-order valence-corrected chi connectivity index (χ0v) is 19.0. The van der Waals surface area contributed by atoms with Crippen LogP contribution in [-0.2, 0) is 0 Å². The number of hydrogen-bond acceptors (Lipinski definition) is 2. The van der Waals surface area contributed by atoms with E-state index in [-0.39, 0.29) is 6.79 Å². The van der Waals surface area contributed by atoms with E-state index < -0.39 is 8.07 Å². The lowest BCUT2D eigenvalue weighted by Crippen LogP contribution is -2.72. The van der Waals surface area contributed by atoms with Crippen LogP contribution in [-0.4, -0.2) is 14.9 Å². The molecule has 0 fully saturated rings. The number of ether oxygens (including phenoxy) is 2. The Kier molecular flexibility index (Phi) is 3.93. The quantitative estimate of drug-likeness (QED) is 0.406. The van der Waals surface area contributed by atoms with Gasteiger partial charge in [0.25, 0.3) is 0 Å². The zero-order valence-electron chi connectivity index (χ0n) is 18.0. The van der Waals surface area contributed by atoms with Crippen LogP contribution in [0.2, 0.25) is 0 Å². The first-order chi connectivity index (χ1) is 15.1. The molecule has 4 aromatic carbocycles. The second-order valence-electron chi connectivity index (χ2n) is 8.64. The van der Waals surface area contributed by atoms with Crippen LogP contribution < -0.4 is 30.2 Å². The highest BCUT2D eigenvalue weighted by Gasteiger charge is 2.51. The van der Waals surface area contributed by atoms with E-state index in [0.717, 1.165) is 17.1 Å². The molecular formula is C28H24O2Si. The Hall–Kier alpha value is -3.30. The Morgan fingerprint density at radius 2 is 1.16 bits per heavy atom. The van der Waals surface area contributed by atoms with Crippen LogP contribution in [0.5, 0.6) is 11.5 Å². The van der Waals surface area contributed by atoms with Crippen molar-refractivity contribution in [2.24, 2.45) is 0 Å². The van der Waals surface area contributed by atoms with Gasteiger partial charge in [0.05, 0.1) is 0 Å². The summed E-state index contributed by atoms with van der Waals surface area (Å²) in [7, 11) is -2.49. The molecule has 152 valence electrons. The van der Waals surface area contributed by atoms with Gasteiger partial charge in [-0.2, -0.15) is 0 Å². The second-order valence-corrected chi connectivity index (χ2v) is 12.4. The molecule has 2 aliphatic heterocycles. The number of aryl methyl sites for hydroxylation is 3. The largest absolute Gasteiger partial charge is 0.453 e. The lowest BCUT2D eigenvalue weighted by molar-refractivity contribution is 0.174. The normalized spacial score (nSPS) is 14.9. The molecular weight excluding hydrogens is 396 g/mol. The van der Waals surface area contributed by atoms with Crippen LogP contribution >= 0.6 is 0 Å². The third kappa shape index (κ3) is 2.38. The van der Waals surface area contributed by atoms with Crippen LogP contribution in [0.3, 0.4) is 0 Å². The first-order valence-electron chi connectivity index (χ1n) is 10.8. The summed E-state index contributed by atoms with van der Waals surface area (Å²) < 4.78 is 12.0. The van der Waals surface area contributed by atoms with E-state index in [4.69, 9.17) is 9.47 Å². The molecule has 0 saturated carbocycles. The van der Waals surface area contributed by atoms with Gasteiger partial charge in [-0.3, -0.25) is 0 Å². The molecule has 0 bridgehead atoms. The number of benzene rings is 4. The van der Waals surface area contributed by atoms with Gasteiger partial charge < -0.3 is 9.47 Å². The van der Waals surface area contributed by atoms with E-state index in [1.165, 1.54) is 43.0 Å². The van der Waals surface area contributed by atoms with E-state index in [1.54, 1.807) is 0 Å². The minimum atomic E-state index is -2.49. The molecule has 0 unspecified atom stereocenters. The average Bonchev–Trinajstić information content (AvgIpc) is 3.38. The Labute approximate surface area is 184 Å². The van der Waals surface area contributed by atoms with E-state index in [0.29, 0.717) is 0 Å². The van der Waals surface area contributed by atoms with Crippen LogP contribution in [0.4, 0.5) is 0 Å². The van der Waals surface area contributed by atoms with Crippen molar-refractivity contribution in [2.75, 3.05) is 6.79 Å². The Balaban J connectivity index is 1.85. The Morgan fingerprint density at radius 1 is 0.613 bits per heavy atom. The summed E-state index contributed by atoms with van der Waals surface area (Å²) in [5, 5.41) is 5.67. The van der Waals surface area contributed by atoms with Gasteiger partial charge in [0.1, 0.15) is 0 Å². The molecule has 0 aromatic heterocycles. The van der Waals surface area contributed by atoms with Crippen LogP contribution in [0, 0.1) is 20.8 Å². The van der Waals surface area contributed by atoms with Gasteiger partial charge in [0.15, 0.2) is 19.6 Å². The molecule has 6 rings (SSSR count). The van der Waals surface area contributed by atoms with E-state index >= 15 is 0 Å². The number of rotatable bonds is 2. The zero-order chi connectivity index (χ0) is 21.2. The van der Waals surface area contributed by atoms with E-state index in [2.05, 4.69) is 99.6 Å². The van der Waals surface area contributed by atoms with Gasteiger partial charge in [-0.1, -0.05) is 78.9 Å².